The Balaban J connectivity index is 2.23. The van der Waals surface area contributed by atoms with E-state index >= 15 is 0 Å². The molecule has 0 radical (unpaired) electrons. The normalized spacial score (nSPS) is 11.2. The lowest BCUT2D eigenvalue weighted by molar-refractivity contribution is 0.0692. The third kappa shape index (κ3) is 3.46. The molecule has 5 nitrogen and oxygen atoms in total. The fourth-order valence-corrected chi connectivity index (χ4v) is 2.64. The lowest BCUT2D eigenvalue weighted by atomic mass is 9.93. The molecule has 110 valence electrons. The molecule has 1 aromatic heterocycles. The van der Waals surface area contributed by atoms with Gasteiger partial charge in [0, 0.05) is 10.8 Å². The Morgan fingerprint density at radius 2 is 1.81 bits per heavy atom. The number of nitrogens with zero attached hydrogens (tertiary/aromatic N) is 1. The molecule has 6 heteroatoms. The van der Waals surface area contributed by atoms with Crippen molar-refractivity contribution in [1.29, 1.82) is 0 Å². The highest BCUT2D eigenvalue weighted by atomic mass is 32.1. The van der Waals surface area contributed by atoms with E-state index < -0.39 is 11.9 Å². The summed E-state index contributed by atoms with van der Waals surface area (Å²) >= 11 is 1.32. The molecule has 0 saturated carbocycles. The van der Waals surface area contributed by atoms with Crippen LogP contribution in [-0.2, 0) is 5.41 Å². The zero-order chi connectivity index (χ0) is 15.6. The van der Waals surface area contributed by atoms with Gasteiger partial charge >= 0.3 is 5.97 Å². The van der Waals surface area contributed by atoms with Crippen molar-refractivity contribution >= 4 is 28.3 Å². The Kier molecular flexibility index (Phi) is 4.09. The van der Waals surface area contributed by atoms with Gasteiger partial charge in [0.05, 0.1) is 16.8 Å². The molecule has 2 aromatic rings. The molecule has 0 aliphatic heterocycles. The van der Waals surface area contributed by atoms with Crippen molar-refractivity contribution in [2.75, 3.05) is 5.32 Å². The first-order chi connectivity index (χ1) is 9.79. The van der Waals surface area contributed by atoms with Gasteiger partial charge < -0.3 is 5.11 Å². The second-order valence-electron chi connectivity index (χ2n) is 5.59. The molecule has 2 N–H and O–H groups in total. The van der Waals surface area contributed by atoms with Crippen LogP contribution in [0.1, 0.15) is 47.2 Å². The number of anilines is 1. The van der Waals surface area contributed by atoms with E-state index in [1.165, 1.54) is 23.5 Å². The van der Waals surface area contributed by atoms with E-state index in [1.54, 1.807) is 12.1 Å². The molecule has 0 atom stereocenters. The number of benzene rings is 1. The van der Waals surface area contributed by atoms with Crippen molar-refractivity contribution < 1.29 is 14.7 Å². The van der Waals surface area contributed by atoms with Crippen molar-refractivity contribution in [1.82, 2.24) is 4.98 Å². The number of hydrogen-bond acceptors (Lipinski definition) is 4. The average molecular weight is 304 g/mol. The Labute approximate surface area is 126 Å². The van der Waals surface area contributed by atoms with Gasteiger partial charge in [0.1, 0.15) is 0 Å². The smallest absolute Gasteiger partial charge is 0.336 e. The summed E-state index contributed by atoms with van der Waals surface area (Å²) in [7, 11) is 0. The number of aromatic nitrogens is 1. The highest BCUT2D eigenvalue weighted by Gasteiger charge is 2.20. The molecule has 2 rings (SSSR count). The molecule has 1 amide bonds. The standard InChI is InChI=1S/C15H16N2O3S/c1-15(2,3)11-8-21-14(16-11)17-12(18)9-6-4-5-7-10(9)13(19)20/h4-8H,1-3H3,(H,19,20)(H,16,17,18). The highest BCUT2D eigenvalue weighted by molar-refractivity contribution is 7.14. The monoisotopic (exact) mass is 304 g/mol. The van der Waals surface area contributed by atoms with Crippen molar-refractivity contribution in [2.45, 2.75) is 26.2 Å². The van der Waals surface area contributed by atoms with Crippen LogP contribution in [0.15, 0.2) is 29.6 Å². The number of carboxylic acid groups (broad SMARTS) is 1. The molecular weight excluding hydrogens is 288 g/mol. The van der Waals surface area contributed by atoms with E-state index in [9.17, 15) is 9.59 Å². The van der Waals surface area contributed by atoms with Crippen molar-refractivity contribution in [3.63, 3.8) is 0 Å². The summed E-state index contributed by atoms with van der Waals surface area (Å²) in [5.74, 6) is -1.60. The zero-order valence-corrected chi connectivity index (χ0v) is 12.8. The number of carboxylic acids is 1. The fourth-order valence-electron chi connectivity index (χ4n) is 1.71. The SMILES string of the molecule is CC(C)(C)c1csc(NC(=O)c2ccccc2C(=O)O)n1. The number of hydrogen-bond donors (Lipinski definition) is 2. The van der Waals surface area contributed by atoms with Gasteiger partial charge in [-0.1, -0.05) is 32.9 Å². The van der Waals surface area contributed by atoms with Gasteiger partial charge in [-0.15, -0.1) is 11.3 Å². The Bertz CT molecular complexity index is 686. The predicted octanol–water partition coefficient (Wildman–Crippen LogP) is 3.39. The minimum absolute atomic E-state index is 0.0254. The molecular formula is C15H16N2O3S. The topological polar surface area (TPSA) is 79.3 Å². The van der Waals surface area contributed by atoms with E-state index in [0.29, 0.717) is 5.13 Å². The fraction of sp³-hybridized carbons (Fsp3) is 0.267. The highest BCUT2D eigenvalue weighted by Crippen LogP contribution is 2.26. The lowest BCUT2D eigenvalue weighted by Crippen LogP contribution is -2.17. The van der Waals surface area contributed by atoms with Crippen molar-refractivity contribution in [3.8, 4) is 0 Å². The number of thiazole rings is 1. The van der Waals surface area contributed by atoms with E-state index in [0.717, 1.165) is 5.69 Å². The first kappa shape index (κ1) is 15.2. The average Bonchev–Trinajstić information content (AvgIpc) is 2.87. The van der Waals surface area contributed by atoms with Crippen LogP contribution in [0.2, 0.25) is 0 Å². The minimum Gasteiger partial charge on any atom is -0.478 e. The number of rotatable bonds is 3. The van der Waals surface area contributed by atoms with Gasteiger partial charge in [-0.05, 0) is 12.1 Å². The van der Waals surface area contributed by atoms with Gasteiger partial charge in [-0.2, -0.15) is 0 Å². The maximum atomic E-state index is 12.2. The molecule has 0 spiro atoms. The Hall–Kier alpha value is -2.21. The molecule has 0 saturated heterocycles. The van der Waals surface area contributed by atoms with Crippen molar-refractivity contribution in [3.05, 3.63) is 46.5 Å². The van der Waals surface area contributed by atoms with Gasteiger partial charge in [-0.25, -0.2) is 9.78 Å². The van der Waals surface area contributed by atoms with Crippen LogP contribution in [0.3, 0.4) is 0 Å². The molecule has 0 bridgehead atoms. The summed E-state index contributed by atoms with van der Waals surface area (Å²) in [4.78, 5) is 27.7. The molecule has 0 unspecified atom stereocenters. The maximum absolute atomic E-state index is 12.2. The third-order valence-corrected chi connectivity index (χ3v) is 3.65. The van der Waals surface area contributed by atoms with Gasteiger partial charge in [-0.3, -0.25) is 10.1 Å². The van der Waals surface area contributed by atoms with Crippen molar-refractivity contribution in [2.24, 2.45) is 0 Å². The number of nitrogens with one attached hydrogen (secondary N) is 1. The summed E-state index contributed by atoms with van der Waals surface area (Å²) in [5.41, 5.74) is 0.882. The molecule has 21 heavy (non-hydrogen) atoms. The first-order valence-corrected chi connectivity index (χ1v) is 7.26. The number of amides is 1. The molecule has 1 heterocycles. The van der Waals surface area contributed by atoms with E-state index in [1.807, 2.05) is 26.2 Å². The molecule has 0 aliphatic rings. The van der Waals surface area contributed by atoms with E-state index in [2.05, 4.69) is 10.3 Å². The van der Waals surface area contributed by atoms with Gasteiger partial charge in [0.2, 0.25) is 0 Å². The predicted molar refractivity (Wildman–Crippen MR) is 82.2 cm³/mol. The second-order valence-corrected chi connectivity index (χ2v) is 6.45. The Morgan fingerprint density at radius 3 is 2.33 bits per heavy atom. The van der Waals surface area contributed by atoms with Crippen LogP contribution in [-0.4, -0.2) is 22.0 Å². The lowest BCUT2D eigenvalue weighted by Gasteiger charge is -2.14. The summed E-state index contributed by atoms with van der Waals surface area (Å²) < 4.78 is 0. The van der Waals surface area contributed by atoms with E-state index in [4.69, 9.17) is 5.11 Å². The number of carbonyl (C=O) groups is 2. The quantitative estimate of drug-likeness (QED) is 0.911. The van der Waals surface area contributed by atoms with Crippen LogP contribution in [0.5, 0.6) is 0 Å². The number of carbonyl (C=O) groups excluding carboxylic acids is 1. The van der Waals surface area contributed by atoms with Crippen LogP contribution < -0.4 is 5.32 Å². The van der Waals surface area contributed by atoms with Crippen LogP contribution in [0.25, 0.3) is 0 Å². The second kappa shape index (κ2) is 5.65. The van der Waals surface area contributed by atoms with Crippen LogP contribution in [0.4, 0.5) is 5.13 Å². The molecule has 1 aromatic carbocycles. The maximum Gasteiger partial charge on any atom is 0.336 e. The van der Waals surface area contributed by atoms with Gasteiger partial charge in [0.25, 0.3) is 5.91 Å². The Morgan fingerprint density at radius 1 is 1.19 bits per heavy atom. The molecule has 0 fully saturated rings. The largest absolute Gasteiger partial charge is 0.478 e. The number of aromatic carboxylic acids is 1. The first-order valence-electron chi connectivity index (χ1n) is 6.38. The molecule has 0 aliphatic carbocycles. The van der Waals surface area contributed by atoms with E-state index in [-0.39, 0.29) is 16.5 Å². The third-order valence-electron chi connectivity index (χ3n) is 2.90. The van der Waals surface area contributed by atoms with Gasteiger partial charge in [0.15, 0.2) is 5.13 Å². The zero-order valence-electron chi connectivity index (χ0n) is 12.0. The summed E-state index contributed by atoms with van der Waals surface area (Å²) in [5, 5.41) is 14.1. The minimum atomic E-state index is -1.13. The summed E-state index contributed by atoms with van der Waals surface area (Å²) in [6.07, 6.45) is 0. The van der Waals surface area contributed by atoms with Crippen LogP contribution in [0, 0.1) is 0 Å². The van der Waals surface area contributed by atoms with Crippen LogP contribution >= 0.6 is 11.3 Å². The summed E-state index contributed by atoms with van der Waals surface area (Å²) in [6, 6.07) is 6.10. The summed E-state index contributed by atoms with van der Waals surface area (Å²) in [6.45, 7) is 6.11.